The lowest BCUT2D eigenvalue weighted by Crippen LogP contribution is -2.17. The van der Waals surface area contributed by atoms with E-state index in [1.54, 1.807) is 31.2 Å². The summed E-state index contributed by atoms with van der Waals surface area (Å²) in [6, 6.07) is 5.04. The first-order valence-electron chi connectivity index (χ1n) is 5.74. The molecule has 1 aliphatic heterocycles. The van der Waals surface area contributed by atoms with Crippen molar-refractivity contribution in [2.24, 2.45) is 0 Å². The van der Waals surface area contributed by atoms with Crippen LogP contribution in [0.3, 0.4) is 0 Å². The van der Waals surface area contributed by atoms with Crippen molar-refractivity contribution >= 4 is 50.9 Å². The molecule has 1 saturated heterocycles. The molecule has 0 unspecified atom stereocenters. The van der Waals surface area contributed by atoms with Crippen LogP contribution >= 0.6 is 27.7 Å². The van der Waals surface area contributed by atoms with Gasteiger partial charge in [0.1, 0.15) is 5.75 Å². The van der Waals surface area contributed by atoms with Gasteiger partial charge in [0.25, 0.3) is 11.1 Å². The van der Waals surface area contributed by atoms with Crippen molar-refractivity contribution in [1.29, 1.82) is 0 Å². The molecule has 0 bridgehead atoms. The van der Waals surface area contributed by atoms with Crippen molar-refractivity contribution in [1.82, 2.24) is 5.32 Å². The molecule has 0 radical (unpaired) electrons. The number of benzene rings is 1. The fourth-order valence-electron chi connectivity index (χ4n) is 1.46. The molecule has 1 aliphatic rings. The highest BCUT2D eigenvalue weighted by Crippen LogP contribution is 2.30. The summed E-state index contributed by atoms with van der Waals surface area (Å²) < 4.78 is 5.71. The maximum Gasteiger partial charge on any atom is 0.310 e. The number of esters is 1. The fraction of sp³-hybridized carbons (Fsp3) is 0.154. The Balaban J connectivity index is 2.21. The summed E-state index contributed by atoms with van der Waals surface area (Å²) in [5.74, 6) is -0.315. The van der Waals surface area contributed by atoms with Crippen molar-refractivity contribution in [2.45, 2.75) is 13.3 Å². The minimum atomic E-state index is -0.405. The van der Waals surface area contributed by atoms with Crippen molar-refractivity contribution in [2.75, 3.05) is 0 Å². The van der Waals surface area contributed by atoms with Gasteiger partial charge in [-0.05, 0) is 51.5 Å². The molecule has 2 rings (SSSR count). The molecule has 0 atom stereocenters. The predicted molar refractivity (Wildman–Crippen MR) is 79.2 cm³/mol. The highest BCUT2D eigenvalue weighted by atomic mass is 79.9. The number of nitrogens with one attached hydrogen (secondary N) is 1. The van der Waals surface area contributed by atoms with E-state index < -0.39 is 5.91 Å². The first-order chi connectivity index (χ1) is 9.49. The number of amides is 2. The number of carbonyl (C=O) groups is 3. The number of ether oxygens (including phenoxy) is 1. The van der Waals surface area contributed by atoms with Crippen LogP contribution in [0.5, 0.6) is 5.75 Å². The van der Waals surface area contributed by atoms with E-state index >= 15 is 0 Å². The molecule has 1 N–H and O–H groups in total. The van der Waals surface area contributed by atoms with Gasteiger partial charge in [-0.15, -0.1) is 0 Å². The average molecular weight is 356 g/mol. The molecule has 1 aromatic rings. The van der Waals surface area contributed by atoms with Crippen LogP contribution in [-0.4, -0.2) is 17.1 Å². The van der Waals surface area contributed by atoms with Crippen LogP contribution in [0.1, 0.15) is 18.9 Å². The van der Waals surface area contributed by atoms with Gasteiger partial charge in [-0.25, -0.2) is 0 Å². The van der Waals surface area contributed by atoms with E-state index in [1.165, 1.54) is 0 Å². The van der Waals surface area contributed by atoms with E-state index in [0.717, 1.165) is 17.3 Å². The number of hydrogen-bond donors (Lipinski definition) is 1. The van der Waals surface area contributed by atoms with Gasteiger partial charge in [-0.3, -0.25) is 19.7 Å². The van der Waals surface area contributed by atoms with E-state index in [4.69, 9.17) is 4.74 Å². The molecule has 1 fully saturated rings. The number of rotatable bonds is 3. The number of halogens is 1. The minimum absolute atomic E-state index is 0.289. The van der Waals surface area contributed by atoms with Crippen LogP contribution in [-0.2, 0) is 9.59 Å². The first-order valence-corrected chi connectivity index (χ1v) is 7.35. The number of hydrogen-bond acceptors (Lipinski definition) is 5. The van der Waals surface area contributed by atoms with Gasteiger partial charge in [0, 0.05) is 6.42 Å². The highest BCUT2D eigenvalue weighted by molar-refractivity contribution is 9.10. The molecule has 2 amide bonds. The average Bonchev–Trinajstić information content (AvgIpc) is 2.71. The zero-order valence-corrected chi connectivity index (χ0v) is 12.8. The van der Waals surface area contributed by atoms with Gasteiger partial charge in [-0.1, -0.05) is 13.0 Å². The maximum absolute atomic E-state index is 11.4. The van der Waals surface area contributed by atoms with E-state index in [0.29, 0.717) is 15.1 Å². The maximum atomic E-state index is 11.4. The quantitative estimate of drug-likeness (QED) is 0.512. The molecule has 1 heterocycles. The summed E-state index contributed by atoms with van der Waals surface area (Å²) in [7, 11) is 0. The summed E-state index contributed by atoms with van der Waals surface area (Å²) in [5, 5.41) is 1.80. The summed E-state index contributed by atoms with van der Waals surface area (Å²) in [6.45, 7) is 1.71. The summed E-state index contributed by atoms with van der Waals surface area (Å²) in [6.07, 6.45) is 1.89. The molecule has 20 heavy (non-hydrogen) atoms. The molecule has 0 aromatic heterocycles. The molecule has 104 valence electrons. The van der Waals surface area contributed by atoms with Gasteiger partial charge in [0.15, 0.2) is 0 Å². The van der Waals surface area contributed by atoms with Crippen molar-refractivity contribution < 1.29 is 19.1 Å². The first kappa shape index (κ1) is 14.8. The topological polar surface area (TPSA) is 72.5 Å². The molecular weight excluding hydrogens is 346 g/mol. The van der Waals surface area contributed by atoms with E-state index in [9.17, 15) is 14.4 Å². The van der Waals surface area contributed by atoms with Crippen molar-refractivity contribution in [3.05, 3.63) is 33.1 Å². The molecular formula is C13H10BrNO4S. The van der Waals surface area contributed by atoms with Gasteiger partial charge < -0.3 is 4.74 Å². The Kier molecular flexibility index (Phi) is 4.61. The van der Waals surface area contributed by atoms with Crippen LogP contribution in [0.15, 0.2) is 27.6 Å². The van der Waals surface area contributed by atoms with E-state index in [-0.39, 0.29) is 17.6 Å². The molecule has 1 aromatic carbocycles. The van der Waals surface area contributed by atoms with Gasteiger partial charge >= 0.3 is 5.97 Å². The Morgan fingerprint density at radius 2 is 2.20 bits per heavy atom. The van der Waals surface area contributed by atoms with Crippen LogP contribution in [0.4, 0.5) is 4.79 Å². The number of imide groups is 1. The van der Waals surface area contributed by atoms with Gasteiger partial charge in [-0.2, -0.15) is 0 Å². The number of thioether (sulfide) groups is 1. The van der Waals surface area contributed by atoms with Gasteiger partial charge in [0.2, 0.25) is 0 Å². The Labute approximate surface area is 127 Å². The van der Waals surface area contributed by atoms with E-state index in [1.807, 2.05) is 0 Å². The Morgan fingerprint density at radius 3 is 2.75 bits per heavy atom. The van der Waals surface area contributed by atoms with Crippen molar-refractivity contribution in [3.63, 3.8) is 0 Å². The molecule has 5 nitrogen and oxygen atoms in total. The highest BCUT2D eigenvalue weighted by Gasteiger charge is 2.24. The summed E-state index contributed by atoms with van der Waals surface area (Å²) in [5.41, 5.74) is 0.723. The largest absolute Gasteiger partial charge is 0.425 e. The second kappa shape index (κ2) is 6.23. The second-order valence-electron chi connectivity index (χ2n) is 3.87. The van der Waals surface area contributed by atoms with Crippen molar-refractivity contribution in [3.8, 4) is 5.75 Å². The third-order valence-electron chi connectivity index (χ3n) is 2.41. The Morgan fingerprint density at radius 1 is 1.45 bits per heavy atom. The predicted octanol–water partition coefficient (Wildman–Crippen LogP) is 3.09. The zero-order valence-electron chi connectivity index (χ0n) is 10.4. The normalized spacial score (nSPS) is 16.4. The summed E-state index contributed by atoms with van der Waals surface area (Å²) in [4.78, 5) is 34.0. The van der Waals surface area contributed by atoms with E-state index in [2.05, 4.69) is 21.2 Å². The summed E-state index contributed by atoms with van der Waals surface area (Å²) >= 11 is 4.15. The lowest BCUT2D eigenvalue weighted by molar-refractivity contribution is -0.134. The monoisotopic (exact) mass is 355 g/mol. The Hall–Kier alpha value is -1.60. The minimum Gasteiger partial charge on any atom is -0.425 e. The zero-order chi connectivity index (χ0) is 14.7. The lowest BCUT2D eigenvalue weighted by atomic mass is 10.2. The molecule has 7 heteroatoms. The van der Waals surface area contributed by atoms with Crippen LogP contribution in [0.25, 0.3) is 6.08 Å². The molecule has 0 aliphatic carbocycles. The number of carbonyl (C=O) groups excluding carboxylic acids is 3. The fourth-order valence-corrected chi connectivity index (χ4v) is 2.62. The Bertz CT molecular complexity index is 627. The third kappa shape index (κ3) is 3.49. The van der Waals surface area contributed by atoms with Crippen LogP contribution in [0, 0.1) is 0 Å². The third-order valence-corrected chi connectivity index (χ3v) is 3.84. The van der Waals surface area contributed by atoms with Crippen LogP contribution in [0.2, 0.25) is 0 Å². The second-order valence-corrected chi connectivity index (χ2v) is 5.74. The molecule has 0 saturated carbocycles. The lowest BCUT2D eigenvalue weighted by Gasteiger charge is -2.06. The SMILES string of the molecule is CCC(=O)Oc1ccc(/C=C2\SC(=O)NC2=O)cc1Br. The molecule has 0 spiro atoms. The van der Waals surface area contributed by atoms with Gasteiger partial charge in [0.05, 0.1) is 9.38 Å². The smallest absolute Gasteiger partial charge is 0.310 e. The standard InChI is InChI=1S/C13H10BrNO4S/c1-2-11(16)19-9-4-3-7(5-8(9)14)6-10-12(17)15-13(18)20-10/h3-6H,2H2,1H3,(H,15,17,18)/b10-6-. The van der Waals surface area contributed by atoms with Crippen LogP contribution < -0.4 is 10.1 Å².